The van der Waals surface area contributed by atoms with Crippen molar-refractivity contribution in [3.8, 4) is 0 Å². The quantitative estimate of drug-likeness (QED) is 0.448. The molecule has 3 atom stereocenters. The van der Waals surface area contributed by atoms with E-state index in [1.54, 1.807) is 0 Å². The Morgan fingerprint density at radius 1 is 1.12 bits per heavy atom. The van der Waals surface area contributed by atoms with Crippen LogP contribution in [0.15, 0.2) is 0 Å². The summed E-state index contributed by atoms with van der Waals surface area (Å²) in [6.07, 6.45) is -2.40. The van der Waals surface area contributed by atoms with Crippen LogP contribution < -0.4 is 0 Å². The number of rotatable bonds is 4. The highest BCUT2D eigenvalue weighted by Gasteiger charge is 2.54. The molecule has 1 aliphatic rings. The van der Waals surface area contributed by atoms with E-state index in [1.165, 1.54) is 14.2 Å². The average molecular weight is 236 g/mol. The molecule has 0 radical (unpaired) electrons. The fourth-order valence-electron chi connectivity index (χ4n) is 2.18. The Hall–Kier alpha value is -0.240. The van der Waals surface area contributed by atoms with Crippen LogP contribution in [0.4, 0.5) is 0 Å². The van der Waals surface area contributed by atoms with E-state index in [2.05, 4.69) is 0 Å². The van der Waals surface area contributed by atoms with Crippen LogP contribution in [0.1, 0.15) is 19.3 Å². The fraction of sp³-hybridized carbons (Fsp3) is 1.00. The van der Waals surface area contributed by atoms with Crippen molar-refractivity contribution in [2.45, 2.75) is 42.9 Å². The number of aliphatic hydroxyl groups is 4. The molecule has 16 heavy (non-hydrogen) atoms. The van der Waals surface area contributed by atoms with E-state index in [4.69, 9.17) is 14.6 Å². The van der Waals surface area contributed by atoms with Gasteiger partial charge in [-0.15, -0.1) is 0 Å². The molecule has 0 aromatic heterocycles. The summed E-state index contributed by atoms with van der Waals surface area (Å²) in [7, 11) is 2.83. The molecule has 0 bridgehead atoms. The molecule has 0 amide bonds. The van der Waals surface area contributed by atoms with Gasteiger partial charge in [-0.2, -0.15) is 0 Å². The second kappa shape index (κ2) is 4.95. The Labute approximate surface area is 94.4 Å². The van der Waals surface area contributed by atoms with E-state index in [0.717, 1.165) is 0 Å². The predicted octanol–water partition coefficient (Wildman–Crippen LogP) is -1.40. The van der Waals surface area contributed by atoms with Crippen LogP contribution in [0, 0.1) is 0 Å². The van der Waals surface area contributed by atoms with E-state index < -0.39 is 23.6 Å². The van der Waals surface area contributed by atoms with Gasteiger partial charge in [0.05, 0.1) is 12.2 Å². The lowest BCUT2D eigenvalue weighted by Gasteiger charge is -2.48. The average Bonchev–Trinajstić information content (AvgIpc) is 2.26. The van der Waals surface area contributed by atoms with Gasteiger partial charge in [0.2, 0.25) is 0 Å². The minimum atomic E-state index is -1.70. The molecule has 1 saturated carbocycles. The first-order chi connectivity index (χ1) is 7.44. The Bertz CT molecular complexity index is 213. The summed E-state index contributed by atoms with van der Waals surface area (Å²) in [6.45, 7) is -0.308. The molecule has 1 unspecified atom stereocenters. The summed E-state index contributed by atoms with van der Waals surface area (Å²) in [6, 6.07) is 0. The van der Waals surface area contributed by atoms with Gasteiger partial charge in [0.25, 0.3) is 0 Å². The van der Waals surface area contributed by atoms with Crippen molar-refractivity contribution < 1.29 is 29.9 Å². The van der Waals surface area contributed by atoms with Crippen molar-refractivity contribution in [3.05, 3.63) is 0 Å². The first kappa shape index (κ1) is 13.8. The number of ether oxygens (including phenoxy) is 2. The SMILES string of the molecule is COC1(OC)C[C@@H](O)C(O)(CCO)[C@@H](O)C1. The van der Waals surface area contributed by atoms with Crippen molar-refractivity contribution in [3.63, 3.8) is 0 Å². The highest BCUT2D eigenvalue weighted by molar-refractivity contribution is 5.02. The Morgan fingerprint density at radius 3 is 1.88 bits per heavy atom. The van der Waals surface area contributed by atoms with Gasteiger partial charge >= 0.3 is 0 Å². The maximum Gasteiger partial charge on any atom is 0.172 e. The van der Waals surface area contributed by atoms with Crippen LogP contribution in [0.2, 0.25) is 0 Å². The minimum absolute atomic E-state index is 0.0492. The zero-order valence-corrected chi connectivity index (χ0v) is 9.59. The van der Waals surface area contributed by atoms with Crippen LogP contribution in [-0.2, 0) is 9.47 Å². The Balaban J connectivity index is 2.85. The molecule has 1 fully saturated rings. The van der Waals surface area contributed by atoms with Crippen molar-refractivity contribution in [1.29, 1.82) is 0 Å². The van der Waals surface area contributed by atoms with Gasteiger partial charge in [0.15, 0.2) is 5.79 Å². The highest BCUT2D eigenvalue weighted by Crippen LogP contribution is 2.39. The molecular weight excluding hydrogens is 216 g/mol. The molecule has 0 aromatic carbocycles. The summed E-state index contributed by atoms with van der Waals surface area (Å²) < 4.78 is 10.2. The summed E-state index contributed by atoms with van der Waals surface area (Å²) in [5, 5.41) is 38.6. The van der Waals surface area contributed by atoms with E-state index in [0.29, 0.717) is 0 Å². The maximum absolute atomic E-state index is 10.1. The molecule has 6 heteroatoms. The number of hydrogen-bond acceptors (Lipinski definition) is 6. The topological polar surface area (TPSA) is 99.4 Å². The second-order valence-corrected chi connectivity index (χ2v) is 4.22. The predicted molar refractivity (Wildman–Crippen MR) is 54.6 cm³/mol. The van der Waals surface area contributed by atoms with E-state index in [1.807, 2.05) is 0 Å². The fourth-order valence-corrected chi connectivity index (χ4v) is 2.18. The molecule has 0 heterocycles. The van der Waals surface area contributed by atoms with Gasteiger partial charge in [-0.25, -0.2) is 0 Å². The van der Waals surface area contributed by atoms with Gasteiger partial charge in [-0.1, -0.05) is 0 Å². The minimum Gasteiger partial charge on any atom is -0.396 e. The van der Waals surface area contributed by atoms with Gasteiger partial charge in [-0.3, -0.25) is 0 Å². The van der Waals surface area contributed by atoms with E-state index in [-0.39, 0.29) is 25.9 Å². The standard InChI is InChI=1S/C10H20O6/c1-15-9(16-2)5-7(12)10(14,3-4-11)8(13)6-9/h7-8,11-14H,3-6H2,1-2H3/t7-,8+,10?. The first-order valence-electron chi connectivity index (χ1n) is 5.24. The highest BCUT2D eigenvalue weighted by atomic mass is 16.7. The van der Waals surface area contributed by atoms with E-state index in [9.17, 15) is 15.3 Å². The number of aliphatic hydroxyl groups excluding tert-OH is 3. The van der Waals surface area contributed by atoms with Crippen LogP contribution in [0.3, 0.4) is 0 Å². The third-order valence-electron chi connectivity index (χ3n) is 3.42. The third-order valence-corrected chi connectivity index (χ3v) is 3.42. The van der Waals surface area contributed by atoms with Crippen molar-refractivity contribution >= 4 is 0 Å². The lowest BCUT2D eigenvalue weighted by Crippen LogP contribution is -2.62. The Morgan fingerprint density at radius 2 is 1.56 bits per heavy atom. The molecule has 96 valence electrons. The molecule has 6 nitrogen and oxygen atoms in total. The summed E-state index contributed by atoms with van der Waals surface area (Å²) >= 11 is 0. The molecule has 4 N–H and O–H groups in total. The molecule has 0 saturated heterocycles. The number of methoxy groups -OCH3 is 2. The van der Waals surface area contributed by atoms with Crippen LogP contribution in [0.5, 0.6) is 0 Å². The van der Waals surface area contributed by atoms with E-state index >= 15 is 0 Å². The monoisotopic (exact) mass is 236 g/mol. The lowest BCUT2D eigenvalue weighted by atomic mass is 9.75. The largest absolute Gasteiger partial charge is 0.396 e. The van der Waals surface area contributed by atoms with Crippen LogP contribution >= 0.6 is 0 Å². The second-order valence-electron chi connectivity index (χ2n) is 4.22. The molecular formula is C10H20O6. The molecule has 0 spiro atoms. The normalized spacial score (nSPS) is 38.6. The molecule has 1 rings (SSSR count). The van der Waals surface area contributed by atoms with Crippen LogP contribution in [0.25, 0.3) is 0 Å². The van der Waals surface area contributed by atoms with Crippen molar-refractivity contribution in [2.75, 3.05) is 20.8 Å². The molecule has 1 aliphatic carbocycles. The van der Waals surface area contributed by atoms with Gasteiger partial charge in [-0.05, 0) is 0 Å². The molecule has 0 aromatic rings. The Kier molecular flexibility index (Phi) is 4.28. The molecule has 0 aliphatic heterocycles. The summed E-state index contributed by atoms with van der Waals surface area (Å²) in [4.78, 5) is 0. The van der Waals surface area contributed by atoms with Gasteiger partial charge in [0, 0.05) is 40.1 Å². The first-order valence-corrected chi connectivity index (χ1v) is 5.24. The van der Waals surface area contributed by atoms with Crippen molar-refractivity contribution in [2.24, 2.45) is 0 Å². The smallest absolute Gasteiger partial charge is 0.172 e. The number of hydrogen-bond donors (Lipinski definition) is 4. The lowest BCUT2D eigenvalue weighted by molar-refractivity contribution is -0.296. The van der Waals surface area contributed by atoms with Gasteiger partial charge in [0.1, 0.15) is 5.60 Å². The zero-order valence-electron chi connectivity index (χ0n) is 9.59. The zero-order chi connectivity index (χ0) is 12.4. The van der Waals surface area contributed by atoms with Crippen molar-refractivity contribution in [1.82, 2.24) is 0 Å². The third kappa shape index (κ3) is 2.22. The summed E-state index contributed by atoms with van der Waals surface area (Å²) in [5.74, 6) is -1.08. The van der Waals surface area contributed by atoms with Gasteiger partial charge < -0.3 is 29.9 Å². The summed E-state index contributed by atoms with van der Waals surface area (Å²) in [5.41, 5.74) is -1.70. The maximum atomic E-state index is 10.1. The van der Waals surface area contributed by atoms with Crippen LogP contribution in [-0.4, -0.2) is 64.8 Å².